The molecule has 1 aliphatic rings. The highest BCUT2D eigenvalue weighted by Gasteiger charge is 2.45. The fourth-order valence-electron chi connectivity index (χ4n) is 3.79. The molecule has 1 fully saturated rings. The van der Waals surface area contributed by atoms with Crippen LogP contribution in [0.1, 0.15) is 25.3 Å². The molecule has 1 heterocycles. The summed E-state index contributed by atoms with van der Waals surface area (Å²) in [5, 5.41) is 2.37. The van der Waals surface area contributed by atoms with E-state index in [0.717, 1.165) is 24.3 Å². The number of benzene rings is 2. The number of anilines is 1. The van der Waals surface area contributed by atoms with Crippen LogP contribution in [0.3, 0.4) is 0 Å². The zero-order valence-corrected chi connectivity index (χ0v) is 16.9. The van der Waals surface area contributed by atoms with Gasteiger partial charge in [-0.25, -0.2) is 22.4 Å². The summed E-state index contributed by atoms with van der Waals surface area (Å²) in [6.07, 6.45) is 0.658. The van der Waals surface area contributed by atoms with Gasteiger partial charge in [0.2, 0.25) is 0 Å². The van der Waals surface area contributed by atoms with Crippen LogP contribution < -0.4 is 5.32 Å². The summed E-state index contributed by atoms with van der Waals surface area (Å²) in [5.74, 6) is -3.84. The van der Waals surface area contributed by atoms with Gasteiger partial charge >= 0.3 is 12.0 Å². The third-order valence-corrected chi connectivity index (χ3v) is 5.29. The average Bonchev–Trinajstić information content (AvgIpc) is 2.72. The van der Waals surface area contributed by atoms with Crippen LogP contribution >= 0.6 is 0 Å². The number of ether oxygens (including phenoxy) is 1. The van der Waals surface area contributed by atoms with E-state index < -0.39 is 40.7 Å². The molecule has 1 aliphatic heterocycles. The van der Waals surface area contributed by atoms with Crippen LogP contribution in [0.2, 0.25) is 0 Å². The minimum atomic E-state index is -1.24. The molecule has 1 unspecified atom stereocenters. The summed E-state index contributed by atoms with van der Waals surface area (Å²) in [7, 11) is 0. The number of likely N-dealkylation sites (tertiary alicyclic amines) is 1. The van der Waals surface area contributed by atoms with E-state index in [1.54, 1.807) is 6.92 Å². The molecule has 0 radical (unpaired) electrons. The third kappa shape index (κ3) is 5.15. The van der Waals surface area contributed by atoms with Gasteiger partial charge in [0.15, 0.2) is 0 Å². The van der Waals surface area contributed by atoms with Crippen LogP contribution in [-0.4, -0.2) is 36.6 Å². The number of hydrogen-bond donors (Lipinski definition) is 1. The van der Waals surface area contributed by atoms with Gasteiger partial charge in [0.25, 0.3) is 0 Å². The molecule has 3 rings (SSSR count). The Kier molecular flexibility index (Phi) is 6.82. The summed E-state index contributed by atoms with van der Waals surface area (Å²) in [5.41, 5.74) is -1.32. The van der Waals surface area contributed by atoms with Gasteiger partial charge in [0, 0.05) is 25.2 Å². The Bertz CT molecular complexity index is 985. The summed E-state index contributed by atoms with van der Waals surface area (Å²) in [6.45, 7) is 1.91. The molecule has 2 aromatic rings. The molecule has 31 heavy (non-hydrogen) atoms. The van der Waals surface area contributed by atoms with E-state index in [1.807, 2.05) is 0 Å². The molecule has 1 N–H and O–H groups in total. The highest BCUT2D eigenvalue weighted by atomic mass is 19.1. The number of urea groups is 1. The Morgan fingerprint density at radius 1 is 1.06 bits per heavy atom. The lowest BCUT2D eigenvalue weighted by Crippen LogP contribution is -2.52. The molecule has 0 saturated carbocycles. The van der Waals surface area contributed by atoms with E-state index in [4.69, 9.17) is 4.74 Å². The normalized spacial score (nSPS) is 18.5. The molecule has 0 spiro atoms. The highest BCUT2D eigenvalue weighted by Crippen LogP contribution is 2.36. The number of amides is 2. The molecule has 0 aromatic heterocycles. The molecule has 9 heteroatoms. The standard InChI is InChI=1S/C22H22F4N2O3/c1-2-31-20(29)22(12-14-4-5-15(23)10-17(14)25)8-3-9-28(13-22)21(30)27-19-7-6-16(24)11-18(19)26/h4-7,10-11H,2-3,8-9,12-13H2,1H3,(H,27,30). The molecular formula is C22H22F4N2O3. The average molecular weight is 438 g/mol. The van der Waals surface area contributed by atoms with Crippen molar-refractivity contribution >= 4 is 17.7 Å². The Morgan fingerprint density at radius 2 is 1.74 bits per heavy atom. The number of nitrogens with one attached hydrogen (secondary N) is 1. The van der Waals surface area contributed by atoms with Gasteiger partial charge < -0.3 is 15.0 Å². The number of esters is 1. The fourth-order valence-corrected chi connectivity index (χ4v) is 3.79. The van der Waals surface area contributed by atoms with Gasteiger partial charge in [-0.3, -0.25) is 4.79 Å². The van der Waals surface area contributed by atoms with Gasteiger partial charge in [-0.2, -0.15) is 0 Å². The van der Waals surface area contributed by atoms with Crippen LogP contribution in [0, 0.1) is 28.7 Å². The van der Waals surface area contributed by atoms with E-state index in [-0.39, 0.29) is 37.4 Å². The second-order valence-electron chi connectivity index (χ2n) is 7.49. The maximum atomic E-state index is 14.3. The number of halogens is 4. The zero-order valence-electron chi connectivity index (χ0n) is 16.9. The maximum Gasteiger partial charge on any atom is 0.321 e. The SMILES string of the molecule is CCOC(=O)C1(Cc2ccc(F)cc2F)CCCN(C(=O)Nc2ccc(F)cc2F)C1. The number of carbonyl (C=O) groups excluding carboxylic acids is 2. The minimum Gasteiger partial charge on any atom is -0.466 e. The van der Waals surface area contributed by atoms with Gasteiger partial charge in [0.05, 0.1) is 17.7 Å². The van der Waals surface area contributed by atoms with Crippen molar-refractivity contribution in [1.82, 2.24) is 4.90 Å². The Hall–Kier alpha value is -3.10. The number of rotatable bonds is 5. The highest BCUT2D eigenvalue weighted by molar-refractivity contribution is 5.90. The van der Waals surface area contributed by atoms with Crippen molar-refractivity contribution in [2.45, 2.75) is 26.2 Å². The topological polar surface area (TPSA) is 58.6 Å². The molecule has 1 saturated heterocycles. The minimum absolute atomic E-state index is 0.0906. The molecular weight excluding hydrogens is 416 g/mol. The quantitative estimate of drug-likeness (QED) is 0.546. The first-order chi connectivity index (χ1) is 14.7. The van der Waals surface area contributed by atoms with Crippen molar-refractivity contribution in [3.05, 3.63) is 65.2 Å². The van der Waals surface area contributed by atoms with Gasteiger partial charge in [0.1, 0.15) is 23.3 Å². The van der Waals surface area contributed by atoms with E-state index in [1.165, 1.54) is 11.0 Å². The van der Waals surface area contributed by atoms with E-state index in [2.05, 4.69) is 5.32 Å². The number of nitrogens with zero attached hydrogens (tertiary/aromatic N) is 1. The van der Waals surface area contributed by atoms with E-state index in [0.29, 0.717) is 18.9 Å². The first-order valence-corrected chi connectivity index (χ1v) is 9.86. The molecule has 166 valence electrons. The van der Waals surface area contributed by atoms with Crippen molar-refractivity contribution in [3.8, 4) is 0 Å². The predicted octanol–water partition coefficient (Wildman–Crippen LogP) is 4.66. The van der Waals surface area contributed by atoms with Crippen molar-refractivity contribution in [1.29, 1.82) is 0 Å². The molecule has 5 nitrogen and oxygen atoms in total. The molecule has 2 aromatic carbocycles. The van der Waals surface area contributed by atoms with Crippen LogP contribution in [-0.2, 0) is 16.0 Å². The van der Waals surface area contributed by atoms with Gasteiger partial charge in [-0.05, 0) is 49.9 Å². The van der Waals surface area contributed by atoms with Crippen LogP contribution in [0.5, 0.6) is 0 Å². The molecule has 0 bridgehead atoms. The number of hydrogen-bond acceptors (Lipinski definition) is 3. The van der Waals surface area contributed by atoms with Crippen molar-refractivity contribution in [2.75, 3.05) is 25.0 Å². The second kappa shape index (κ2) is 9.36. The first-order valence-electron chi connectivity index (χ1n) is 9.86. The second-order valence-corrected chi connectivity index (χ2v) is 7.49. The Balaban J connectivity index is 1.84. The third-order valence-electron chi connectivity index (χ3n) is 5.29. The Morgan fingerprint density at radius 3 is 2.39 bits per heavy atom. The lowest BCUT2D eigenvalue weighted by atomic mass is 9.75. The predicted molar refractivity (Wildman–Crippen MR) is 105 cm³/mol. The summed E-state index contributed by atoms with van der Waals surface area (Å²) < 4.78 is 59.8. The lowest BCUT2D eigenvalue weighted by molar-refractivity contribution is -0.158. The van der Waals surface area contributed by atoms with E-state index in [9.17, 15) is 27.2 Å². The summed E-state index contributed by atoms with van der Waals surface area (Å²) in [4.78, 5) is 26.9. The van der Waals surface area contributed by atoms with Gasteiger partial charge in [-0.1, -0.05) is 6.07 Å². The van der Waals surface area contributed by atoms with Crippen molar-refractivity contribution < 1.29 is 31.9 Å². The summed E-state index contributed by atoms with van der Waals surface area (Å²) >= 11 is 0. The first kappa shape index (κ1) is 22.6. The monoisotopic (exact) mass is 438 g/mol. The largest absolute Gasteiger partial charge is 0.466 e. The molecule has 0 aliphatic carbocycles. The summed E-state index contributed by atoms with van der Waals surface area (Å²) in [6, 6.07) is 5.16. The van der Waals surface area contributed by atoms with E-state index >= 15 is 0 Å². The Labute approximate surface area is 177 Å². The van der Waals surface area contributed by atoms with Crippen molar-refractivity contribution in [3.63, 3.8) is 0 Å². The van der Waals surface area contributed by atoms with Gasteiger partial charge in [-0.15, -0.1) is 0 Å². The number of piperidine rings is 1. The maximum absolute atomic E-state index is 14.3. The zero-order chi connectivity index (χ0) is 22.6. The molecule has 1 atom stereocenters. The number of carbonyl (C=O) groups is 2. The van der Waals surface area contributed by atoms with Crippen LogP contribution in [0.25, 0.3) is 0 Å². The van der Waals surface area contributed by atoms with Crippen LogP contribution in [0.4, 0.5) is 28.0 Å². The smallest absolute Gasteiger partial charge is 0.321 e. The molecule has 2 amide bonds. The van der Waals surface area contributed by atoms with Crippen molar-refractivity contribution in [2.24, 2.45) is 5.41 Å². The van der Waals surface area contributed by atoms with Crippen LogP contribution in [0.15, 0.2) is 36.4 Å². The fraction of sp³-hybridized carbons (Fsp3) is 0.364. The lowest BCUT2D eigenvalue weighted by Gasteiger charge is -2.41.